The van der Waals surface area contributed by atoms with Gasteiger partial charge in [-0.1, -0.05) is 24.8 Å². The summed E-state index contributed by atoms with van der Waals surface area (Å²) in [5, 5.41) is 0. The molecule has 0 bridgehead atoms. The predicted molar refractivity (Wildman–Crippen MR) is 124 cm³/mol. The number of rotatable bonds is 5. The Morgan fingerprint density at radius 1 is 1.30 bits per heavy atom. The Morgan fingerprint density at radius 2 is 2.06 bits per heavy atom. The van der Waals surface area contributed by atoms with Gasteiger partial charge in [0.25, 0.3) is 5.91 Å². The van der Waals surface area contributed by atoms with Crippen LogP contribution in [0.4, 0.5) is 21.6 Å². The first-order chi connectivity index (χ1) is 15.8. The number of nitrogens with two attached hydrogens (primary N) is 2. The number of amides is 1. The highest BCUT2D eigenvalue weighted by Gasteiger charge is 2.31. The number of allylic oxidation sites excluding steroid dienone is 3. The summed E-state index contributed by atoms with van der Waals surface area (Å²) in [6.45, 7) is 6.17. The van der Waals surface area contributed by atoms with Crippen molar-refractivity contribution in [2.45, 2.75) is 20.5 Å². The number of nitrogens with zero attached hydrogens (tertiary/aromatic N) is 2. The standard InChI is InChI=1S/C24H25FN4O4/c1-4-6-20-21(14(2)25)24(31)29(11-12-32-20)19-8-5-7-16(18(19)13-33-15(3)30)17-9-10-28-23(27)22(17)26/h4-10H,1,11-13,26H2,2-3H3,(H2,27,28)/b20-6+,21-14-. The minimum Gasteiger partial charge on any atom is -0.491 e. The summed E-state index contributed by atoms with van der Waals surface area (Å²) >= 11 is 0. The van der Waals surface area contributed by atoms with Gasteiger partial charge in [0, 0.05) is 24.2 Å². The smallest absolute Gasteiger partial charge is 0.302 e. The quantitative estimate of drug-likeness (QED) is 0.525. The number of nitrogen functional groups attached to an aromatic ring is 2. The SMILES string of the molecule is C=C/C=C1/OCCN(c2cccc(-c3ccnc(N)c3N)c2COC(C)=O)C(=O)/C1=C(/C)F. The molecule has 0 atom stereocenters. The third-order valence-electron chi connectivity index (χ3n) is 5.06. The first-order valence-electron chi connectivity index (χ1n) is 10.2. The van der Waals surface area contributed by atoms with Crippen molar-refractivity contribution in [1.29, 1.82) is 0 Å². The molecule has 0 saturated carbocycles. The summed E-state index contributed by atoms with van der Waals surface area (Å²) in [6, 6.07) is 6.86. The first-order valence-corrected chi connectivity index (χ1v) is 10.2. The molecule has 2 aromatic rings. The van der Waals surface area contributed by atoms with Gasteiger partial charge in [-0.25, -0.2) is 9.37 Å². The van der Waals surface area contributed by atoms with Crippen molar-refractivity contribution in [1.82, 2.24) is 4.98 Å². The molecule has 0 aliphatic carbocycles. The van der Waals surface area contributed by atoms with Gasteiger partial charge in [-0.15, -0.1) is 0 Å². The van der Waals surface area contributed by atoms with Gasteiger partial charge in [0.1, 0.15) is 36.2 Å². The van der Waals surface area contributed by atoms with Crippen molar-refractivity contribution < 1.29 is 23.5 Å². The van der Waals surface area contributed by atoms with Crippen LogP contribution in [0.3, 0.4) is 0 Å². The van der Waals surface area contributed by atoms with E-state index >= 15 is 0 Å². The number of carbonyl (C=O) groups is 2. The molecule has 2 heterocycles. The Hall–Kier alpha value is -4.14. The van der Waals surface area contributed by atoms with Gasteiger partial charge < -0.3 is 25.8 Å². The number of anilines is 3. The lowest BCUT2D eigenvalue weighted by Gasteiger charge is -2.25. The van der Waals surface area contributed by atoms with Crippen LogP contribution in [0.5, 0.6) is 0 Å². The highest BCUT2D eigenvalue weighted by atomic mass is 19.1. The molecule has 4 N–H and O–H groups in total. The number of pyridine rings is 1. The van der Waals surface area contributed by atoms with E-state index in [2.05, 4.69) is 11.6 Å². The number of hydrogen-bond acceptors (Lipinski definition) is 7. The largest absolute Gasteiger partial charge is 0.491 e. The summed E-state index contributed by atoms with van der Waals surface area (Å²) < 4.78 is 25.4. The number of benzene rings is 1. The molecule has 0 spiro atoms. The Balaban J connectivity index is 2.21. The van der Waals surface area contributed by atoms with Crippen LogP contribution in [0.25, 0.3) is 11.1 Å². The molecule has 1 aromatic heterocycles. The second-order valence-corrected chi connectivity index (χ2v) is 7.22. The lowest BCUT2D eigenvalue weighted by molar-refractivity contribution is -0.142. The number of hydrogen-bond donors (Lipinski definition) is 2. The van der Waals surface area contributed by atoms with E-state index in [-0.39, 0.29) is 42.6 Å². The highest BCUT2D eigenvalue weighted by molar-refractivity contribution is 6.09. The van der Waals surface area contributed by atoms with Gasteiger partial charge in [-0.2, -0.15) is 0 Å². The van der Waals surface area contributed by atoms with E-state index in [4.69, 9.17) is 20.9 Å². The number of carbonyl (C=O) groups excluding carboxylic acids is 2. The molecule has 1 aliphatic rings. The number of ether oxygens (including phenoxy) is 2. The van der Waals surface area contributed by atoms with Crippen LogP contribution in [0.15, 0.2) is 66.4 Å². The summed E-state index contributed by atoms with van der Waals surface area (Å²) in [7, 11) is 0. The molecule has 0 unspecified atom stereocenters. The van der Waals surface area contributed by atoms with Crippen LogP contribution in [0.2, 0.25) is 0 Å². The minimum absolute atomic E-state index is 0.0985. The molecule has 0 radical (unpaired) electrons. The summed E-state index contributed by atoms with van der Waals surface area (Å²) in [6.07, 6.45) is 4.37. The number of halogens is 1. The maximum Gasteiger partial charge on any atom is 0.302 e. The zero-order valence-electron chi connectivity index (χ0n) is 18.4. The third-order valence-corrected chi connectivity index (χ3v) is 5.06. The third kappa shape index (κ3) is 4.87. The molecule has 1 fully saturated rings. The van der Waals surface area contributed by atoms with Crippen LogP contribution in [0, 0.1) is 0 Å². The molecule has 1 amide bonds. The fourth-order valence-electron chi connectivity index (χ4n) is 3.58. The van der Waals surface area contributed by atoms with Crippen LogP contribution in [-0.4, -0.2) is 30.0 Å². The van der Waals surface area contributed by atoms with E-state index in [0.717, 1.165) is 0 Å². The monoisotopic (exact) mass is 452 g/mol. The van der Waals surface area contributed by atoms with Gasteiger partial charge in [0.2, 0.25) is 0 Å². The second kappa shape index (κ2) is 9.99. The fourth-order valence-corrected chi connectivity index (χ4v) is 3.58. The lowest BCUT2D eigenvalue weighted by atomic mass is 9.97. The van der Waals surface area contributed by atoms with E-state index in [1.165, 1.54) is 37.1 Å². The molecule has 33 heavy (non-hydrogen) atoms. The van der Waals surface area contributed by atoms with Crippen LogP contribution >= 0.6 is 0 Å². The Morgan fingerprint density at radius 3 is 2.73 bits per heavy atom. The molecule has 172 valence electrons. The Bertz CT molecular complexity index is 1170. The van der Waals surface area contributed by atoms with Gasteiger partial charge in [-0.05, 0) is 30.7 Å². The minimum atomic E-state index is -0.691. The Labute approximate surface area is 191 Å². The zero-order valence-corrected chi connectivity index (χ0v) is 18.4. The summed E-state index contributed by atoms with van der Waals surface area (Å²) in [5.74, 6) is -1.54. The van der Waals surface area contributed by atoms with Gasteiger partial charge in [-0.3, -0.25) is 9.59 Å². The molecule has 1 aromatic carbocycles. The molecule has 3 rings (SSSR count). The lowest BCUT2D eigenvalue weighted by Crippen LogP contribution is -2.34. The van der Waals surface area contributed by atoms with Crippen LogP contribution in [0.1, 0.15) is 19.4 Å². The van der Waals surface area contributed by atoms with E-state index < -0.39 is 17.7 Å². The Kier molecular flexibility index (Phi) is 7.12. The van der Waals surface area contributed by atoms with E-state index in [1.54, 1.807) is 24.3 Å². The van der Waals surface area contributed by atoms with Crippen molar-refractivity contribution in [3.05, 3.63) is 71.9 Å². The van der Waals surface area contributed by atoms with E-state index in [1.807, 2.05) is 0 Å². The van der Waals surface area contributed by atoms with Crippen molar-refractivity contribution in [2.24, 2.45) is 0 Å². The van der Waals surface area contributed by atoms with Gasteiger partial charge in [0.15, 0.2) is 0 Å². The number of aromatic nitrogens is 1. The molecule has 8 nitrogen and oxygen atoms in total. The normalized spacial score (nSPS) is 16.8. The van der Waals surface area contributed by atoms with E-state index in [0.29, 0.717) is 22.4 Å². The van der Waals surface area contributed by atoms with Crippen molar-refractivity contribution in [2.75, 3.05) is 29.5 Å². The predicted octanol–water partition coefficient (Wildman–Crippen LogP) is 3.65. The zero-order chi connectivity index (χ0) is 24.1. The topological polar surface area (TPSA) is 121 Å². The van der Waals surface area contributed by atoms with Crippen molar-refractivity contribution >= 4 is 29.1 Å². The molecule has 1 aliphatic heterocycles. The maximum atomic E-state index is 14.4. The van der Waals surface area contributed by atoms with Crippen LogP contribution in [-0.2, 0) is 25.7 Å². The highest BCUT2D eigenvalue weighted by Crippen LogP contribution is 2.38. The van der Waals surface area contributed by atoms with Crippen molar-refractivity contribution in [3.8, 4) is 11.1 Å². The fraction of sp³-hybridized carbons (Fsp3) is 0.208. The molecular formula is C24H25FN4O4. The molecular weight excluding hydrogens is 427 g/mol. The maximum absolute atomic E-state index is 14.4. The average Bonchev–Trinajstić information content (AvgIpc) is 2.92. The summed E-state index contributed by atoms with van der Waals surface area (Å²) in [5.41, 5.74) is 14.2. The second-order valence-electron chi connectivity index (χ2n) is 7.22. The van der Waals surface area contributed by atoms with E-state index in [9.17, 15) is 14.0 Å². The van der Waals surface area contributed by atoms with Gasteiger partial charge >= 0.3 is 5.97 Å². The first kappa shape index (κ1) is 23.5. The van der Waals surface area contributed by atoms with Gasteiger partial charge in [0.05, 0.1) is 17.9 Å². The molecule has 9 heteroatoms. The van der Waals surface area contributed by atoms with Crippen LogP contribution < -0.4 is 16.4 Å². The average molecular weight is 452 g/mol. The van der Waals surface area contributed by atoms with Crippen molar-refractivity contribution in [3.63, 3.8) is 0 Å². The number of esters is 1. The summed E-state index contributed by atoms with van der Waals surface area (Å²) in [4.78, 5) is 30.4. The molecule has 1 saturated heterocycles.